The van der Waals surface area contributed by atoms with Crippen molar-refractivity contribution in [2.75, 3.05) is 13.2 Å². The highest BCUT2D eigenvalue weighted by atomic mass is 16.3. The summed E-state index contributed by atoms with van der Waals surface area (Å²) in [4.78, 5) is 4.36. The van der Waals surface area contributed by atoms with Gasteiger partial charge in [-0.15, -0.1) is 0 Å². The molecule has 1 aliphatic heterocycles. The topological polar surface area (TPSA) is 56.7 Å². The molecule has 1 aliphatic carbocycles. The molecule has 0 aromatic heterocycles. The van der Waals surface area contributed by atoms with Gasteiger partial charge in [-0.2, -0.15) is 0 Å². The van der Waals surface area contributed by atoms with Crippen LogP contribution < -0.4 is 10.6 Å². The first-order valence-electron chi connectivity index (χ1n) is 5.48. The Morgan fingerprint density at radius 3 is 3.07 bits per heavy atom. The zero-order valence-electron chi connectivity index (χ0n) is 8.66. The maximum Gasteiger partial charge on any atom is 0.191 e. The van der Waals surface area contributed by atoms with Crippen molar-refractivity contribution in [1.29, 1.82) is 0 Å². The molecule has 2 rings (SSSR count). The Bertz CT molecular complexity index is 229. The van der Waals surface area contributed by atoms with Crippen molar-refractivity contribution in [3.05, 3.63) is 0 Å². The highest BCUT2D eigenvalue weighted by Gasteiger charge is 2.28. The first kappa shape index (κ1) is 9.77. The monoisotopic (exact) mass is 197 g/mol. The molecular formula is C10H19N3O. The first-order chi connectivity index (χ1) is 6.79. The van der Waals surface area contributed by atoms with Crippen LogP contribution in [0.2, 0.25) is 0 Å². The summed E-state index contributed by atoms with van der Waals surface area (Å²) < 4.78 is 0. The van der Waals surface area contributed by atoms with Crippen LogP contribution in [-0.2, 0) is 0 Å². The molecule has 0 radical (unpaired) electrons. The minimum absolute atomic E-state index is 0.292. The fraction of sp³-hybridized carbons (Fsp3) is 0.900. The zero-order valence-corrected chi connectivity index (χ0v) is 8.66. The number of aliphatic imine (C=N–C) groups is 1. The largest absolute Gasteiger partial charge is 0.396 e. The summed E-state index contributed by atoms with van der Waals surface area (Å²) in [6, 6.07) is 0.864. The number of aliphatic hydroxyl groups excluding tert-OH is 1. The van der Waals surface area contributed by atoms with Crippen LogP contribution in [0.15, 0.2) is 4.99 Å². The van der Waals surface area contributed by atoms with Gasteiger partial charge in [0, 0.05) is 24.6 Å². The second-order valence-corrected chi connectivity index (χ2v) is 4.36. The molecule has 1 saturated carbocycles. The minimum atomic E-state index is 0.292. The van der Waals surface area contributed by atoms with Crippen LogP contribution in [0.5, 0.6) is 0 Å². The van der Waals surface area contributed by atoms with Gasteiger partial charge in [0.15, 0.2) is 5.96 Å². The predicted octanol–water partition coefficient (Wildman–Crippen LogP) is 0.0847. The summed E-state index contributed by atoms with van der Waals surface area (Å²) in [5.74, 6) is 1.33. The number of nitrogens with one attached hydrogen (secondary N) is 2. The number of hydrogen-bond acceptors (Lipinski definition) is 4. The molecule has 80 valence electrons. The third kappa shape index (κ3) is 2.00. The van der Waals surface area contributed by atoms with Crippen LogP contribution in [0.3, 0.4) is 0 Å². The summed E-state index contributed by atoms with van der Waals surface area (Å²) >= 11 is 0. The standard InChI is InChI=1S/C10H19N3O/c1-7-5-11-10(12-7)13-9-4-2-3-8(9)6-14/h7-9,14H,2-6H2,1H3,(H2,11,12,13). The molecule has 1 heterocycles. The molecule has 1 fully saturated rings. The van der Waals surface area contributed by atoms with E-state index < -0.39 is 0 Å². The van der Waals surface area contributed by atoms with E-state index in [1.54, 1.807) is 0 Å². The molecule has 3 unspecified atom stereocenters. The van der Waals surface area contributed by atoms with E-state index in [9.17, 15) is 0 Å². The predicted molar refractivity (Wildman–Crippen MR) is 56.3 cm³/mol. The molecule has 3 atom stereocenters. The van der Waals surface area contributed by atoms with Crippen molar-refractivity contribution < 1.29 is 5.11 Å². The van der Waals surface area contributed by atoms with Gasteiger partial charge in [0.25, 0.3) is 0 Å². The van der Waals surface area contributed by atoms with Gasteiger partial charge in [-0.3, -0.25) is 4.99 Å². The number of aliphatic hydroxyl groups is 1. The molecular weight excluding hydrogens is 178 g/mol. The van der Waals surface area contributed by atoms with E-state index in [4.69, 9.17) is 5.11 Å². The number of nitrogens with zero attached hydrogens (tertiary/aromatic N) is 1. The van der Waals surface area contributed by atoms with Crippen molar-refractivity contribution >= 4 is 5.96 Å². The minimum Gasteiger partial charge on any atom is -0.396 e. The second-order valence-electron chi connectivity index (χ2n) is 4.36. The van der Waals surface area contributed by atoms with Gasteiger partial charge in [-0.1, -0.05) is 6.42 Å². The number of guanidine groups is 1. The van der Waals surface area contributed by atoms with Crippen molar-refractivity contribution in [2.24, 2.45) is 10.9 Å². The fourth-order valence-electron chi connectivity index (χ4n) is 2.26. The van der Waals surface area contributed by atoms with Gasteiger partial charge >= 0.3 is 0 Å². The lowest BCUT2D eigenvalue weighted by Gasteiger charge is -2.20. The second kappa shape index (κ2) is 4.17. The van der Waals surface area contributed by atoms with E-state index in [1.807, 2.05) is 0 Å². The summed E-state index contributed by atoms with van der Waals surface area (Å²) in [5.41, 5.74) is 0. The van der Waals surface area contributed by atoms with E-state index in [0.29, 0.717) is 24.6 Å². The smallest absolute Gasteiger partial charge is 0.191 e. The molecule has 0 bridgehead atoms. The van der Waals surface area contributed by atoms with Crippen molar-refractivity contribution in [2.45, 2.75) is 38.3 Å². The van der Waals surface area contributed by atoms with Crippen LogP contribution in [0.1, 0.15) is 26.2 Å². The molecule has 0 aromatic carbocycles. The van der Waals surface area contributed by atoms with Crippen LogP contribution in [-0.4, -0.2) is 36.3 Å². The van der Waals surface area contributed by atoms with Gasteiger partial charge < -0.3 is 15.7 Å². The van der Waals surface area contributed by atoms with Crippen molar-refractivity contribution in [1.82, 2.24) is 10.6 Å². The van der Waals surface area contributed by atoms with Gasteiger partial charge in [0.2, 0.25) is 0 Å². The third-order valence-corrected chi connectivity index (χ3v) is 3.12. The highest BCUT2D eigenvalue weighted by Crippen LogP contribution is 2.24. The molecule has 4 heteroatoms. The average Bonchev–Trinajstić information content (AvgIpc) is 2.76. The summed E-state index contributed by atoms with van der Waals surface area (Å²) in [6.45, 7) is 3.27. The number of rotatable bonds is 2. The number of hydrogen-bond donors (Lipinski definition) is 3. The molecule has 0 saturated heterocycles. The maximum atomic E-state index is 9.16. The Morgan fingerprint density at radius 1 is 1.57 bits per heavy atom. The lowest BCUT2D eigenvalue weighted by atomic mass is 10.1. The highest BCUT2D eigenvalue weighted by molar-refractivity contribution is 5.82. The molecule has 4 nitrogen and oxygen atoms in total. The van der Waals surface area contributed by atoms with Crippen LogP contribution >= 0.6 is 0 Å². The van der Waals surface area contributed by atoms with Gasteiger partial charge in [0.1, 0.15) is 0 Å². The molecule has 0 spiro atoms. The molecule has 2 aliphatic rings. The quantitative estimate of drug-likeness (QED) is 0.588. The van der Waals surface area contributed by atoms with E-state index in [2.05, 4.69) is 22.5 Å². The van der Waals surface area contributed by atoms with Gasteiger partial charge in [0.05, 0.1) is 6.54 Å². The summed E-state index contributed by atoms with van der Waals surface area (Å²) in [6.07, 6.45) is 3.50. The Labute approximate surface area is 84.8 Å². The van der Waals surface area contributed by atoms with E-state index in [0.717, 1.165) is 25.3 Å². The lowest BCUT2D eigenvalue weighted by molar-refractivity contribution is 0.212. The fourth-order valence-corrected chi connectivity index (χ4v) is 2.26. The van der Waals surface area contributed by atoms with Crippen LogP contribution in [0.4, 0.5) is 0 Å². The SMILES string of the molecule is CC1CN=C(NC2CCCC2CO)N1. The third-order valence-electron chi connectivity index (χ3n) is 3.12. The van der Waals surface area contributed by atoms with Crippen molar-refractivity contribution in [3.63, 3.8) is 0 Å². The lowest BCUT2D eigenvalue weighted by Crippen LogP contribution is -2.45. The van der Waals surface area contributed by atoms with Gasteiger partial charge in [-0.05, 0) is 19.8 Å². The Morgan fingerprint density at radius 2 is 2.43 bits per heavy atom. The molecule has 14 heavy (non-hydrogen) atoms. The Balaban J connectivity index is 1.85. The average molecular weight is 197 g/mol. The van der Waals surface area contributed by atoms with E-state index in [-0.39, 0.29) is 0 Å². The maximum absolute atomic E-state index is 9.16. The summed E-state index contributed by atoms with van der Waals surface area (Å²) in [5, 5.41) is 15.8. The Kier molecular flexibility index (Phi) is 2.91. The summed E-state index contributed by atoms with van der Waals surface area (Å²) in [7, 11) is 0. The van der Waals surface area contributed by atoms with Gasteiger partial charge in [-0.25, -0.2) is 0 Å². The first-order valence-corrected chi connectivity index (χ1v) is 5.48. The van der Waals surface area contributed by atoms with Crippen molar-refractivity contribution in [3.8, 4) is 0 Å². The van der Waals surface area contributed by atoms with E-state index in [1.165, 1.54) is 6.42 Å². The molecule has 3 N–H and O–H groups in total. The molecule has 0 aromatic rings. The molecule has 0 amide bonds. The Hall–Kier alpha value is -0.770. The zero-order chi connectivity index (χ0) is 9.97. The van der Waals surface area contributed by atoms with Crippen LogP contribution in [0, 0.1) is 5.92 Å². The van der Waals surface area contributed by atoms with Crippen LogP contribution in [0.25, 0.3) is 0 Å². The normalized spacial score (nSPS) is 36.7. The van der Waals surface area contributed by atoms with E-state index >= 15 is 0 Å².